The maximum absolute atomic E-state index is 10.8. The lowest BCUT2D eigenvalue weighted by Gasteiger charge is -2.07. The van der Waals surface area contributed by atoms with Gasteiger partial charge >= 0.3 is 5.97 Å². The van der Waals surface area contributed by atoms with E-state index >= 15 is 0 Å². The predicted molar refractivity (Wildman–Crippen MR) is 67.5 cm³/mol. The monoisotopic (exact) mass is 265 g/mol. The third-order valence-electron chi connectivity index (χ3n) is 2.70. The molecule has 2 aromatic rings. The molecule has 2 heterocycles. The molecule has 2 rings (SSSR count). The van der Waals surface area contributed by atoms with Crippen molar-refractivity contribution in [3.63, 3.8) is 0 Å². The van der Waals surface area contributed by atoms with Crippen LogP contribution in [-0.4, -0.2) is 25.8 Å². The molecule has 0 radical (unpaired) electrons. The molecule has 0 fully saturated rings. The van der Waals surface area contributed by atoms with E-state index in [-0.39, 0.29) is 5.56 Å². The van der Waals surface area contributed by atoms with Gasteiger partial charge in [-0.3, -0.25) is 0 Å². The van der Waals surface area contributed by atoms with Gasteiger partial charge in [-0.1, -0.05) is 11.6 Å². The minimum Gasteiger partial charge on any atom is -0.478 e. The molecule has 2 aromatic heterocycles. The second-order valence-electron chi connectivity index (χ2n) is 4.07. The highest BCUT2D eigenvalue weighted by Crippen LogP contribution is 2.23. The Labute approximate surface area is 109 Å². The molecule has 1 N–H and O–H groups in total. The highest BCUT2D eigenvalue weighted by Gasteiger charge is 2.14. The minimum absolute atomic E-state index is 0.156. The number of aromatic carboxylic acids is 1. The largest absolute Gasteiger partial charge is 0.478 e. The van der Waals surface area contributed by atoms with Gasteiger partial charge in [0.1, 0.15) is 0 Å². The van der Waals surface area contributed by atoms with Crippen molar-refractivity contribution >= 4 is 17.6 Å². The maximum atomic E-state index is 10.8. The van der Waals surface area contributed by atoms with Gasteiger partial charge in [-0.15, -0.1) is 0 Å². The molecule has 6 heteroatoms. The zero-order chi connectivity index (χ0) is 13.4. The van der Waals surface area contributed by atoms with E-state index < -0.39 is 5.97 Å². The normalized spacial score (nSPS) is 10.7. The molecule has 0 spiro atoms. The summed E-state index contributed by atoms with van der Waals surface area (Å²) < 4.78 is 1.62. The number of carboxylic acid groups (broad SMARTS) is 1. The number of pyridine rings is 1. The van der Waals surface area contributed by atoms with Gasteiger partial charge in [0, 0.05) is 6.20 Å². The summed E-state index contributed by atoms with van der Waals surface area (Å²) in [5, 5.41) is 13.8. The molecule has 0 saturated heterocycles. The molecule has 0 unspecified atom stereocenters. The number of nitrogens with zero attached hydrogens (tertiary/aromatic N) is 3. The summed E-state index contributed by atoms with van der Waals surface area (Å²) in [4.78, 5) is 15.0. The first kappa shape index (κ1) is 12.6. The van der Waals surface area contributed by atoms with Crippen LogP contribution in [0.2, 0.25) is 5.02 Å². The Balaban J connectivity index is 2.58. The second kappa shape index (κ2) is 4.42. The molecule has 0 aliphatic rings. The third-order valence-corrected chi connectivity index (χ3v) is 3.25. The number of halogens is 1. The minimum atomic E-state index is -0.997. The van der Waals surface area contributed by atoms with Gasteiger partial charge in [-0.05, 0) is 32.4 Å². The third kappa shape index (κ3) is 1.97. The van der Waals surface area contributed by atoms with Crippen LogP contribution in [-0.2, 0) is 0 Å². The lowest BCUT2D eigenvalue weighted by atomic mass is 10.2. The zero-order valence-electron chi connectivity index (χ0n) is 10.2. The smallest absolute Gasteiger partial charge is 0.337 e. The fraction of sp³-hybridized carbons (Fsp3) is 0.250. The van der Waals surface area contributed by atoms with Crippen molar-refractivity contribution < 1.29 is 9.90 Å². The molecule has 5 nitrogen and oxygen atoms in total. The molecule has 94 valence electrons. The van der Waals surface area contributed by atoms with Gasteiger partial charge in [-0.25, -0.2) is 14.5 Å². The van der Waals surface area contributed by atoms with E-state index in [1.165, 1.54) is 6.20 Å². The van der Waals surface area contributed by atoms with Crippen molar-refractivity contribution in [1.29, 1.82) is 0 Å². The van der Waals surface area contributed by atoms with Crippen LogP contribution in [0.1, 0.15) is 27.3 Å². The van der Waals surface area contributed by atoms with Crippen LogP contribution in [0.5, 0.6) is 0 Å². The van der Waals surface area contributed by atoms with Crippen LogP contribution in [0.3, 0.4) is 0 Å². The van der Waals surface area contributed by atoms with Gasteiger partial charge < -0.3 is 5.11 Å². The lowest BCUT2D eigenvalue weighted by molar-refractivity contribution is 0.0696. The van der Waals surface area contributed by atoms with E-state index in [0.29, 0.717) is 10.8 Å². The summed E-state index contributed by atoms with van der Waals surface area (Å²) in [5.41, 5.74) is 2.39. The van der Waals surface area contributed by atoms with Crippen molar-refractivity contribution in [2.45, 2.75) is 20.8 Å². The van der Waals surface area contributed by atoms with Crippen LogP contribution >= 0.6 is 11.6 Å². The quantitative estimate of drug-likeness (QED) is 0.906. The molecule has 0 saturated carbocycles. The van der Waals surface area contributed by atoms with E-state index in [1.54, 1.807) is 17.7 Å². The summed E-state index contributed by atoms with van der Waals surface area (Å²) in [6.07, 6.45) is 1.31. The number of carboxylic acids is 1. The zero-order valence-corrected chi connectivity index (χ0v) is 11.0. The topological polar surface area (TPSA) is 68.0 Å². The summed E-state index contributed by atoms with van der Waals surface area (Å²) in [6, 6.07) is 1.56. The Bertz CT molecular complexity index is 634. The van der Waals surface area contributed by atoms with E-state index in [1.807, 2.05) is 13.8 Å². The average molecular weight is 266 g/mol. The number of aryl methyl sites for hydroxylation is 2. The van der Waals surface area contributed by atoms with Gasteiger partial charge in [0.05, 0.1) is 22.0 Å². The maximum Gasteiger partial charge on any atom is 0.337 e. The second-order valence-corrected chi connectivity index (χ2v) is 4.44. The molecular weight excluding hydrogens is 254 g/mol. The number of aromatic nitrogens is 3. The molecule has 0 atom stereocenters. The highest BCUT2D eigenvalue weighted by atomic mass is 35.5. The van der Waals surface area contributed by atoms with Gasteiger partial charge in [-0.2, -0.15) is 5.10 Å². The summed E-state index contributed by atoms with van der Waals surface area (Å²) in [7, 11) is 0. The molecule has 0 aliphatic carbocycles. The fourth-order valence-electron chi connectivity index (χ4n) is 1.74. The van der Waals surface area contributed by atoms with Crippen LogP contribution in [0.15, 0.2) is 12.3 Å². The van der Waals surface area contributed by atoms with E-state index in [4.69, 9.17) is 16.7 Å². The molecule has 18 heavy (non-hydrogen) atoms. The van der Waals surface area contributed by atoms with Crippen molar-refractivity contribution in [2.75, 3.05) is 0 Å². The molecule has 0 aliphatic heterocycles. The molecular formula is C12H12ClN3O2. The first-order chi connectivity index (χ1) is 8.41. The van der Waals surface area contributed by atoms with Crippen LogP contribution in [0.4, 0.5) is 0 Å². The van der Waals surface area contributed by atoms with E-state index in [9.17, 15) is 4.79 Å². The van der Waals surface area contributed by atoms with E-state index in [0.717, 1.165) is 17.0 Å². The van der Waals surface area contributed by atoms with Crippen molar-refractivity contribution in [3.05, 3.63) is 39.8 Å². The van der Waals surface area contributed by atoms with E-state index in [2.05, 4.69) is 10.1 Å². The molecule has 0 amide bonds. The van der Waals surface area contributed by atoms with Gasteiger partial charge in [0.25, 0.3) is 0 Å². The summed E-state index contributed by atoms with van der Waals surface area (Å²) >= 11 is 6.08. The number of carbonyl (C=O) groups is 1. The number of hydrogen-bond donors (Lipinski definition) is 1. The number of hydrogen-bond acceptors (Lipinski definition) is 3. The van der Waals surface area contributed by atoms with Crippen LogP contribution in [0, 0.1) is 20.8 Å². The standard InChI is InChI=1S/C12H12ClN3O2/c1-6-4-9(12(17)18)5-14-11(6)16-8(3)10(13)7(2)15-16/h4-5H,1-3H3,(H,17,18). The van der Waals surface area contributed by atoms with Crippen molar-refractivity contribution in [3.8, 4) is 5.82 Å². The number of rotatable bonds is 2. The summed E-state index contributed by atoms with van der Waals surface area (Å²) in [6.45, 7) is 5.44. The Morgan fingerprint density at radius 1 is 1.39 bits per heavy atom. The fourth-order valence-corrected chi connectivity index (χ4v) is 1.85. The SMILES string of the molecule is Cc1cc(C(=O)O)cnc1-n1nc(C)c(Cl)c1C. The predicted octanol–water partition coefficient (Wildman–Crippen LogP) is 2.54. The average Bonchev–Trinajstić information content (AvgIpc) is 2.57. The summed E-state index contributed by atoms with van der Waals surface area (Å²) in [5.74, 6) is -0.406. The van der Waals surface area contributed by atoms with Gasteiger partial charge in [0.15, 0.2) is 5.82 Å². The Hall–Kier alpha value is -1.88. The lowest BCUT2D eigenvalue weighted by Crippen LogP contribution is -2.07. The molecule has 0 bridgehead atoms. The Kier molecular flexibility index (Phi) is 3.09. The Morgan fingerprint density at radius 2 is 2.06 bits per heavy atom. The highest BCUT2D eigenvalue weighted by molar-refractivity contribution is 6.31. The van der Waals surface area contributed by atoms with Gasteiger partial charge in [0.2, 0.25) is 0 Å². The Morgan fingerprint density at radius 3 is 2.50 bits per heavy atom. The van der Waals surface area contributed by atoms with Crippen LogP contribution < -0.4 is 0 Å². The van der Waals surface area contributed by atoms with Crippen molar-refractivity contribution in [1.82, 2.24) is 14.8 Å². The molecule has 0 aromatic carbocycles. The first-order valence-electron chi connectivity index (χ1n) is 5.34. The van der Waals surface area contributed by atoms with Crippen LogP contribution in [0.25, 0.3) is 5.82 Å². The van der Waals surface area contributed by atoms with Crippen molar-refractivity contribution in [2.24, 2.45) is 0 Å². The first-order valence-corrected chi connectivity index (χ1v) is 5.71.